The Kier molecular flexibility index (Phi) is 4.37. The van der Waals surface area contributed by atoms with Gasteiger partial charge in [0.2, 0.25) is 0 Å². The molecule has 18 heavy (non-hydrogen) atoms. The van der Waals surface area contributed by atoms with Gasteiger partial charge in [-0.1, -0.05) is 6.92 Å². The Morgan fingerprint density at radius 2 is 2.33 bits per heavy atom. The molecule has 1 atom stereocenters. The average molecular weight is 267 g/mol. The number of aliphatic hydroxyl groups is 1. The molecule has 0 bridgehead atoms. The maximum absolute atomic E-state index is 10.3. The number of fused-ring (bicyclic) bond motifs is 1. The highest BCUT2D eigenvalue weighted by Gasteiger charge is 2.22. The van der Waals surface area contributed by atoms with Crippen molar-refractivity contribution in [1.29, 1.82) is 0 Å². The van der Waals surface area contributed by atoms with Crippen LogP contribution in [0.4, 0.5) is 0 Å². The summed E-state index contributed by atoms with van der Waals surface area (Å²) in [5.74, 6) is 0. The van der Waals surface area contributed by atoms with Gasteiger partial charge in [-0.3, -0.25) is 4.40 Å². The Morgan fingerprint density at radius 1 is 1.50 bits per heavy atom. The predicted octanol–water partition coefficient (Wildman–Crippen LogP) is 2.08. The van der Waals surface area contributed by atoms with Crippen LogP contribution in [0.5, 0.6) is 0 Å². The highest BCUT2D eigenvalue weighted by atomic mass is 32.1. The quantitative estimate of drug-likeness (QED) is 0.755. The van der Waals surface area contributed by atoms with Crippen molar-refractivity contribution in [2.45, 2.75) is 38.7 Å². The van der Waals surface area contributed by atoms with Crippen molar-refractivity contribution < 1.29 is 5.11 Å². The molecule has 0 aliphatic heterocycles. The van der Waals surface area contributed by atoms with Gasteiger partial charge in [0.1, 0.15) is 0 Å². The Hall–Kier alpha value is -0.910. The topological polar surface area (TPSA) is 49.6 Å². The second-order valence-corrected chi connectivity index (χ2v) is 5.87. The molecular weight excluding hydrogens is 246 g/mol. The number of aromatic nitrogens is 2. The lowest BCUT2D eigenvalue weighted by molar-refractivity contribution is 0.0507. The van der Waals surface area contributed by atoms with E-state index in [1.54, 1.807) is 11.3 Å². The Bertz CT molecular complexity index is 461. The highest BCUT2D eigenvalue weighted by Crippen LogP contribution is 2.18. The van der Waals surface area contributed by atoms with Crippen LogP contribution in [0.2, 0.25) is 0 Å². The van der Waals surface area contributed by atoms with Crippen LogP contribution in [0.1, 0.15) is 32.4 Å². The van der Waals surface area contributed by atoms with Crippen molar-refractivity contribution in [3.63, 3.8) is 0 Å². The number of nitrogens with zero attached hydrogens (tertiary/aromatic N) is 2. The highest BCUT2D eigenvalue weighted by molar-refractivity contribution is 7.15. The van der Waals surface area contributed by atoms with E-state index >= 15 is 0 Å². The first-order valence-electron chi connectivity index (χ1n) is 6.45. The third kappa shape index (κ3) is 3.54. The fraction of sp³-hybridized carbons (Fsp3) is 0.615. The minimum Gasteiger partial charge on any atom is -0.390 e. The molecule has 100 valence electrons. The van der Waals surface area contributed by atoms with E-state index in [-0.39, 0.29) is 0 Å². The largest absolute Gasteiger partial charge is 0.390 e. The standard InChI is InChI=1S/C13H21N3OS/c1-3-5-14-6-4-13(2,17)9-11-10-16-7-8-18-12(16)15-11/h7-8,10,14,17H,3-6,9H2,1-2H3. The number of nitrogens with one attached hydrogen (secondary N) is 1. The van der Waals surface area contributed by atoms with Crippen molar-refractivity contribution in [2.24, 2.45) is 0 Å². The number of hydrogen-bond acceptors (Lipinski definition) is 4. The fourth-order valence-electron chi connectivity index (χ4n) is 2.00. The van der Waals surface area contributed by atoms with Crippen molar-refractivity contribution in [3.05, 3.63) is 23.5 Å². The van der Waals surface area contributed by atoms with E-state index in [2.05, 4.69) is 17.2 Å². The summed E-state index contributed by atoms with van der Waals surface area (Å²) in [6.07, 6.45) is 6.47. The fourth-order valence-corrected chi connectivity index (χ4v) is 2.72. The first-order valence-corrected chi connectivity index (χ1v) is 7.33. The third-order valence-electron chi connectivity index (χ3n) is 2.97. The smallest absolute Gasteiger partial charge is 0.193 e. The van der Waals surface area contributed by atoms with Crippen LogP contribution in [-0.4, -0.2) is 33.2 Å². The van der Waals surface area contributed by atoms with Gasteiger partial charge in [-0.25, -0.2) is 4.98 Å². The second-order valence-electron chi connectivity index (χ2n) is 5.00. The summed E-state index contributed by atoms with van der Waals surface area (Å²) >= 11 is 1.62. The van der Waals surface area contributed by atoms with E-state index in [1.807, 2.05) is 29.1 Å². The zero-order valence-corrected chi connectivity index (χ0v) is 11.8. The van der Waals surface area contributed by atoms with Crippen LogP contribution in [0.3, 0.4) is 0 Å². The van der Waals surface area contributed by atoms with E-state index in [4.69, 9.17) is 0 Å². The van der Waals surface area contributed by atoms with Gasteiger partial charge in [0.05, 0.1) is 11.3 Å². The first-order chi connectivity index (χ1) is 8.61. The predicted molar refractivity (Wildman–Crippen MR) is 75.2 cm³/mol. The number of hydrogen-bond donors (Lipinski definition) is 2. The Labute approximate surface area is 112 Å². The molecule has 0 aliphatic carbocycles. The molecule has 2 aromatic heterocycles. The summed E-state index contributed by atoms with van der Waals surface area (Å²) in [7, 11) is 0. The summed E-state index contributed by atoms with van der Waals surface area (Å²) in [5.41, 5.74) is 0.271. The van der Waals surface area contributed by atoms with Crippen molar-refractivity contribution in [3.8, 4) is 0 Å². The van der Waals surface area contributed by atoms with Crippen LogP contribution in [0, 0.1) is 0 Å². The van der Waals surface area contributed by atoms with E-state index in [0.717, 1.165) is 36.6 Å². The van der Waals surface area contributed by atoms with E-state index in [9.17, 15) is 5.11 Å². The molecule has 0 spiro atoms. The maximum Gasteiger partial charge on any atom is 0.193 e. The Balaban J connectivity index is 1.88. The van der Waals surface area contributed by atoms with E-state index in [1.165, 1.54) is 0 Å². The van der Waals surface area contributed by atoms with Crippen LogP contribution >= 0.6 is 11.3 Å². The van der Waals surface area contributed by atoms with Crippen LogP contribution in [-0.2, 0) is 6.42 Å². The molecule has 2 aromatic rings. The summed E-state index contributed by atoms with van der Waals surface area (Å²) in [5, 5.41) is 15.7. The lowest BCUT2D eigenvalue weighted by Crippen LogP contribution is -2.32. The van der Waals surface area contributed by atoms with Crippen LogP contribution in [0.25, 0.3) is 4.96 Å². The first kappa shape index (κ1) is 13.5. The molecule has 4 nitrogen and oxygen atoms in total. The normalized spacial score (nSPS) is 15.1. The van der Waals surface area contributed by atoms with Crippen molar-refractivity contribution in [1.82, 2.24) is 14.7 Å². The van der Waals surface area contributed by atoms with Crippen LogP contribution in [0.15, 0.2) is 17.8 Å². The van der Waals surface area contributed by atoms with Gasteiger partial charge in [-0.15, -0.1) is 11.3 Å². The zero-order valence-electron chi connectivity index (χ0n) is 11.0. The van der Waals surface area contributed by atoms with E-state index in [0.29, 0.717) is 6.42 Å². The molecule has 1 unspecified atom stereocenters. The van der Waals surface area contributed by atoms with Gasteiger partial charge in [0.15, 0.2) is 4.96 Å². The van der Waals surface area contributed by atoms with Crippen LogP contribution < -0.4 is 5.32 Å². The third-order valence-corrected chi connectivity index (χ3v) is 3.74. The second kappa shape index (κ2) is 5.82. The van der Waals surface area contributed by atoms with Crippen molar-refractivity contribution >= 4 is 16.3 Å². The summed E-state index contributed by atoms with van der Waals surface area (Å²) in [6, 6.07) is 0. The van der Waals surface area contributed by atoms with Gasteiger partial charge < -0.3 is 10.4 Å². The molecule has 5 heteroatoms. The number of thiazole rings is 1. The van der Waals surface area contributed by atoms with Gasteiger partial charge in [0, 0.05) is 24.2 Å². The molecule has 2 rings (SSSR count). The SMILES string of the molecule is CCCNCCC(C)(O)Cc1cn2ccsc2n1. The van der Waals surface area contributed by atoms with Gasteiger partial charge in [-0.05, 0) is 32.9 Å². The molecular formula is C13H21N3OS. The van der Waals surface area contributed by atoms with Gasteiger partial charge in [0.25, 0.3) is 0 Å². The molecule has 2 heterocycles. The molecule has 0 saturated heterocycles. The minimum atomic E-state index is -0.690. The monoisotopic (exact) mass is 267 g/mol. The van der Waals surface area contributed by atoms with Gasteiger partial charge >= 0.3 is 0 Å². The lowest BCUT2D eigenvalue weighted by Gasteiger charge is -2.22. The average Bonchev–Trinajstić information content (AvgIpc) is 2.84. The summed E-state index contributed by atoms with van der Waals surface area (Å²) in [4.78, 5) is 5.49. The lowest BCUT2D eigenvalue weighted by atomic mass is 9.96. The molecule has 0 radical (unpaired) electrons. The Morgan fingerprint density at radius 3 is 3.06 bits per heavy atom. The molecule has 0 saturated carbocycles. The van der Waals surface area contributed by atoms with Crippen molar-refractivity contribution in [2.75, 3.05) is 13.1 Å². The summed E-state index contributed by atoms with van der Waals surface area (Å²) < 4.78 is 2.01. The molecule has 0 fully saturated rings. The number of rotatable bonds is 7. The molecule has 0 amide bonds. The van der Waals surface area contributed by atoms with E-state index < -0.39 is 5.60 Å². The zero-order chi connectivity index (χ0) is 13.0. The summed E-state index contributed by atoms with van der Waals surface area (Å²) in [6.45, 7) is 5.89. The molecule has 0 aromatic carbocycles. The molecule has 2 N–H and O–H groups in total. The molecule has 0 aliphatic rings. The number of imidazole rings is 1. The van der Waals surface area contributed by atoms with Gasteiger partial charge in [-0.2, -0.15) is 0 Å². The maximum atomic E-state index is 10.3. The minimum absolute atomic E-state index is 0.606.